The monoisotopic (exact) mass is 228 g/mol. The van der Waals surface area contributed by atoms with Gasteiger partial charge in [0, 0.05) is 26.2 Å². The second-order valence-corrected chi connectivity index (χ2v) is 3.50. The highest BCUT2D eigenvalue weighted by atomic mass is 16.5. The molecule has 0 aromatic rings. The fourth-order valence-corrected chi connectivity index (χ4v) is 1.56. The molecule has 0 atom stereocenters. The van der Waals surface area contributed by atoms with Crippen LogP contribution in [0.25, 0.3) is 0 Å². The molecule has 6 nitrogen and oxygen atoms in total. The molecule has 0 aliphatic carbocycles. The summed E-state index contributed by atoms with van der Waals surface area (Å²) < 4.78 is 4.47. The molecule has 16 heavy (non-hydrogen) atoms. The van der Waals surface area contributed by atoms with E-state index in [-0.39, 0.29) is 18.9 Å². The lowest BCUT2D eigenvalue weighted by Gasteiger charge is -2.32. The summed E-state index contributed by atoms with van der Waals surface area (Å²) in [5.74, 6) is -1.39. The van der Waals surface area contributed by atoms with Gasteiger partial charge in [-0.25, -0.2) is 0 Å². The fourth-order valence-electron chi connectivity index (χ4n) is 1.56. The molecule has 1 fully saturated rings. The van der Waals surface area contributed by atoms with Crippen LogP contribution < -0.4 is 0 Å². The van der Waals surface area contributed by atoms with E-state index in [1.54, 1.807) is 0 Å². The van der Waals surface area contributed by atoms with Gasteiger partial charge in [-0.3, -0.25) is 14.4 Å². The van der Waals surface area contributed by atoms with Crippen molar-refractivity contribution in [2.75, 3.05) is 33.3 Å². The molecule has 0 aromatic heterocycles. The maximum Gasteiger partial charge on any atom is 0.312 e. The lowest BCUT2D eigenvalue weighted by Crippen LogP contribution is -2.54. The van der Waals surface area contributed by atoms with Crippen molar-refractivity contribution >= 4 is 17.8 Å². The van der Waals surface area contributed by atoms with Gasteiger partial charge in [-0.2, -0.15) is 0 Å². The zero-order valence-electron chi connectivity index (χ0n) is 9.56. The molecule has 1 rings (SSSR count). The van der Waals surface area contributed by atoms with Crippen molar-refractivity contribution in [1.82, 2.24) is 9.80 Å². The first-order valence-corrected chi connectivity index (χ1v) is 5.25. The van der Waals surface area contributed by atoms with Crippen LogP contribution in [-0.2, 0) is 19.1 Å². The first-order chi connectivity index (χ1) is 7.60. The van der Waals surface area contributed by atoms with E-state index in [4.69, 9.17) is 0 Å². The summed E-state index contributed by atoms with van der Waals surface area (Å²) in [6.45, 7) is 3.62. The predicted molar refractivity (Wildman–Crippen MR) is 55.5 cm³/mol. The van der Waals surface area contributed by atoms with Crippen molar-refractivity contribution in [3.8, 4) is 0 Å². The Kier molecular flexibility index (Phi) is 4.28. The summed E-state index contributed by atoms with van der Waals surface area (Å²) in [5.41, 5.74) is 0. The van der Waals surface area contributed by atoms with Crippen LogP contribution in [0.15, 0.2) is 0 Å². The SMILES string of the molecule is CCN1CCN(CCC(=O)OC)C(=O)C1=O. The molecule has 0 spiro atoms. The van der Waals surface area contributed by atoms with Gasteiger partial charge in [0.15, 0.2) is 0 Å². The summed E-state index contributed by atoms with van der Waals surface area (Å²) in [6.07, 6.45) is 0.127. The normalized spacial score (nSPS) is 16.6. The number of hydrogen-bond donors (Lipinski definition) is 0. The summed E-state index contributed by atoms with van der Waals surface area (Å²) in [5, 5.41) is 0. The second-order valence-electron chi connectivity index (χ2n) is 3.50. The highest BCUT2D eigenvalue weighted by Gasteiger charge is 2.31. The number of piperazine rings is 1. The third-order valence-electron chi connectivity index (χ3n) is 2.59. The highest BCUT2D eigenvalue weighted by Crippen LogP contribution is 2.05. The standard InChI is InChI=1S/C10H16N2O4/c1-3-11-6-7-12(10(15)9(11)14)5-4-8(13)16-2/h3-7H2,1-2H3. The molecule has 0 N–H and O–H groups in total. The van der Waals surface area contributed by atoms with Gasteiger partial charge < -0.3 is 14.5 Å². The summed E-state index contributed by atoms with van der Waals surface area (Å²) in [7, 11) is 1.30. The fraction of sp³-hybridized carbons (Fsp3) is 0.700. The van der Waals surface area contributed by atoms with Crippen LogP contribution in [0, 0.1) is 0 Å². The Morgan fingerprint density at radius 1 is 1.25 bits per heavy atom. The van der Waals surface area contributed by atoms with Crippen molar-refractivity contribution in [3.63, 3.8) is 0 Å². The van der Waals surface area contributed by atoms with E-state index in [0.29, 0.717) is 19.6 Å². The molecule has 1 aliphatic rings. The van der Waals surface area contributed by atoms with Crippen LogP contribution in [0.3, 0.4) is 0 Å². The topological polar surface area (TPSA) is 66.9 Å². The van der Waals surface area contributed by atoms with E-state index in [2.05, 4.69) is 4.74 Å². The molecule has 0 aromatic carbocycles. The quantitative estimate of drug-likeness (QED) is 0.468. The Bertz CT molecular complexity index is 303. The third-order valence-corrected chi connectivity index (χ3v) is 2.59. The average Bonchev–Trinajstić information content (AvgIpc) is 2.30. The summed E-state index contributed by atoms with van der Waals surface area (Å²) in [6, 6.07) is 0. The number of amides is 2. The maximum atomic E-state index is 11.6. The third kappa shape index (κ3) is 2.71. The zero-order valence-corrected chi connectivity index (χ0v) is 9.56. The molecule has 2 amide bonds. The maximum absolute atomic E-state index is 11.6. The van der Waals surface area contributed by atoms with Crippen LogP contribution in [-0.4, -0.2) is 60.9 Å². The minimum atomic E-state index is -0.531. The molecular formula is C10H16N2O4. The smallest absolute Gasteiger partial charge is 0.312 e. The molecule has 90 valence electrons. The van der Waals surface area contributed by atoms with Crippen LogP contribution in [0.1, 0.15) is 13.3 Å². The van der Waals surface area contributed by atoms with Crippen molar-refractivity contribution in [2.24, 2.45) is 0 Å². The Labute approximate surface area is 94.1 Å². The van der Waals surface area contributed by atoms with E-state index >= 15 is 0 Å². The van der Waals surface area contributed by atoms with E-state index in [9.17, 15) is 14.4 Å². The van der Waals surface area contributed by atoms with Crippen LogP contribution >= 0.6 is 0 Å². The Morgan fingerprint density at radius 2 is 1.81 bits per heavy atom. The molecule has 0 unspecified atom stereocenters. The molecular weight excluding hydrogens is 212 g/mol. The molecule has 6 heteroatoms. The van der Waals surface area contributed by atoms with E-state index < -0.39 is 11.8 Å². The van der Waals surface area contributed by atoms with Crippen molar-refractivity contribution in [1.29, 1.82) is 0 Å². The van der Waals surface area contributed by atoms with Gasteiger partial charge in [0.2, 0.25) is 0 Å². The zero-order chi connectivity index (χ0) is 12.1. The first-order valence-electron chi connectivity index (χ1n) is 5.25. The summed E-state index contributed by atoms with van der Waals surface area (Å²) >= 11 is 0. The second kappa shape index (κ2) is 5.48. The number of rotatable bonds is 4. The molecule has 1 saturated heterocycles. The van der Waals surface area contributed by atoms with E-state index in [0.717, 1.165) is 0 Å². The number of likely N-dealkylation sites (N-methyl/N-ethyl adjacent to an activating group) is 1. The van der Waals surface area contributed by atoms with Gasteiger partial charge in [0.05, 0.1) is 13.5 Å². The lowest BCUT2D eigenvalue weighted by atomic mass is 10.2. The van der Waals surface area contributed by atoms with Gasteiger partial charge >= 0.3 is 17.8 Å². The number of methoxy groups -OCH3 is 1. The van der Waals surface area contributed by atoms with Gasteiger partial charge in [-0.05, 0) is 6.92 Å². The number of carbonyl (C=O) groups is 3. The van der Waals surface area contributed by atoms with Crippen LogP contribution in [0.4, 0.5) is 0 Å². The van der Waals surface area contributed by atoms with Gasteiger partial charge in [-0.1, -0.05) is 0 Å². The lowest BCUT2D eigenvalue weighted by molar-refractivity contribution is -0.156. The van der Waals surface area contributed by atoms with Crippen LogP contribution in [0.5, 0.6) is 0 Å². The van der Waals surface area contributed by atoms with Gasteiger partial charge in [0.25, 0.3) is 0 Å². The van der Waals surface area contributed by atoms with Gasteiger partial charge in [-0.15, -0.1) is 0 Å². The first kappa shape index (κ1) is 12.5. The number of hydrogen-bond acceptors (Lipinski definition) is 4. The molecule has 0 bridgehead atoms. The van der Waals surface area contributed by atoms with Crippen LogP contribution in [0.2, 0.25) is 0 Å². The van der Waals surface area contributed by atoms with E-state index in [1.165, 1.54) is 16.9 Å². The predicted octanol–water partition coefficient (Wildman–Crippen LogP) is -0.760. The largest absolute Gasteiger partial charge is 0.469 e. The Balaban J connectivity index is 2.49. The molecule has 0 radical (unpaired) electrons. The minimum absolute atomic E-state index is 0.127. The van der Waals surface area contributed by atoms with Crippen molar-refractivity contribution in [2.45, 2.75) is 13.3 Å². The van der Waals surface area contributed by atoms with E-state index in [1.807, 2.05) is 6.92 Å². The van der Waals surface area contributed by atoms with Crippen molar-refractivity contribution in [3.05, 3.63) is 0 Å². The molecule has 0 saturated carbocycles. The number of nitrogens with zero attached hydrogens (tertiary/aromatic N) is 2. The Hall–Kier alpha value is -1.59. The van der Waals surface area contributed by atoms with Crippen molar-refractivity contribution < 1.29 is 19.1 Å². The van der Waals surface area contributed by atoms with Gasteiger partial charge in [0.1, 0.15) is 0 Å². The number of esters is 1. The molecule has 1 heterocycles. The minimum Gasteiger partial charge on any atom is -0.469 e. The average molecular weight is 228 g/mol. The summed E-state index contributed by atoms with van der Waals surface area (Å²) in [4.78, 5) is 36.9. The highest BCUT2D eigenvalue weighted by molar-refractivity contribution is 6.35. The molecule has 1 aliphatic heterocycles. The Morgan fingerprint density at radius 3 is 2.38 bits per heavy atom. The number of ether oxygens (including phenoxy) is 1. The number of carbonyl (C=O) groups excluding carboxylic acids is 3.